The van der Waals surface area contributed by atoms with Gasteiger partial charge in [-0.15, -0.1) is 0 Å². The van der Waals surface area contributed by atoms with E-state index < -0.39 is 0 Å². The standard InChI is InChI=1S/C15H19NO/c1-3-4-5-9-14-11-13-8-6-7-10-15(13)16(14)12(2)17/h6-8,10-11H,3-5,9H2,1-2H3. The molecule has 0 bridgehead atoms. The fourth-order valence-corrected chi connectivity index (χ4v) is 2.32. The van der Waals surface area contributed by atoms with Crippen molar-refractivity contribution in [3.05, 3.63) is 36.0 Å². The molecular weight excluding hydrogens is 210 g/mol. The van der Waals surface area contributed by atoms with E-state index in [1.165, 1.54) is 12.8 Å². The van der Waals surface area contributed by atoms with Crippen molar-refractivity contribution in [2.45, 2.75) is 39.5 Å². The monoisotopic (exact) mass is 229 g/mol. The second-order valence-electron chi connectivity index (χ2n) is 4.51. The van der Waals surface area contributed by atoms with E-state index in [4.69, 9.17) is 0 Å². The molecule has 0 saturated heterocycles. The Hall–Kier alpha value is -1.57. The highest BCUT2D eigenvalue weighted by Gasteiger charge is 2.10. The predicted molar refractivity (Wildman–Crippen MR) is 71.5 cm³/mol. The average molecular weight is 229 g/mol. The predicted octanol–water partition coefficient (Wildman–Crippen LogP) is 4.03. The van der Waals surface area contributed by atoms with Gasteiger partial charge in [-0.2, -0.15) is 0 Å². The minimum Gasteiger partial charge on any atom is -0.284 e. The topological polar surface area (TPSA) is 22.0 Å². The molecule has 2 heteroatoms. The zero-order valence-corrected chi connectivity index (χ0v) is 10.6. The summed E-state index contributed by atoms with van der Waals surface area (Å²) in [6, 6.07) is 10.2. The molecule has 0 unspecified atom stereocenters. The van der Waals surface area contributed by atoms with Gasteiger partial charge < -0.3 is 0 Å². The number of nitrogens with zero attached hydrogens (tertiary/aromatic N) is 1. The van der Waals surface area contributed by atoms with Crippen molar-refractivity contribution in [3.8, 4) is 0 Å². The number of carbonyl (C=O) groups is 1. The fraction of sp³-hybridized carbons (Fsp3) is 0.400. The summed E-state index contributed by atoms with van der Waals surface area (Å²) in [5, 5.41) is 1.16. The van der Waals surface area contributed by atoms with Crippen LogP contribution in [-0.4, -0.2) is 10.5 Å². The Balaban J connectivity index is 2.39. The van der Waals surface area contributed by atoms with Gasteiger partial charge in [0.05, 0.1) is 5.52 Å². The molecule has 0 radical (unpaired) electrons. The summed E-state index contributed by atoms with van der Waals surface area (Å²) in [4.78, 5) is 11.7. The van der Waals surface area contributed by atoms with Gasteiger partial charge in [-0.05, 0) is 25.0 Å². The first-order valence-corrected chi connectivity index (χ1v) is 6.34. The maximum absolute atomic E-state index is 11.7. The minimum atomic E-state index is 0.109. The molecule has 1 aromatic carbocycles. The second kappa shape index (κ2) is 5.17. The van der Waals surface area contributed by atoms with Crippen LogP contribution in [0.15, 0.2) is 30.3 Å². The summed E-state index contributed by atoms with van der Waals surface area (Å²) in [7, 11) is 0. The Labute approximate surface area is 102 Å². The van der Waals surface area contributed by atoms with Crippen LogP contribution in [0.1, 0.15) is 43.6 Å². The van der Waals surface area contributed by atoms with Crippen molar-refractivity contribution in [1.29, 1.82) is 0 Å². The molecule has 0 saturated carbocycles. The molecule has 2 rings (SSSR count). The van der Waals surface area contributed by atoms with Crippen LogP contribution in [0.2, 0.25) is 0 Å². The van der Waals surface area contributed by atoms with Crippen molar-refractivity contribution in [1.82, 2.24) is 4.57 Å². The van der Waals surface area contributed by atoms with E-state index in [2.05, 4.69) is 19.1 Å². The van der Waals surface area contributed by atoms with E-state index in [0.29, 0.717) is 0 Å². The molecule has 0 N–H and O–H groups in total. The van der Waals surface area contributed by atoms with Gasteiger partial charge in [-0.25, -0.2) is 0 Å². The Morgan fingerprint density at radius 2 is 2.00 bits per heavy atom. The number of rotatable bonds is 4. The van der Waals surface area contributed by atoms with E-state index in [9.17, 15) is 4.79 Å². The zero-order chi connectivity index (χ0) is 12.3. The van der Waals surface area contributed by atoms with E-state index >= 15 is 0 Å². The number of hydrogen-bond donors (Lipinski definition) is 0. The maximum atomic E-state index is 11.7. The molecule has 1 aromatic heterocycles. The van der Waals surface area contributed by atoms with Crippen LogP contribution in [0.25, 0.3) is 10.9 Å². The molecule has 0 amide bonds. The molecule has 0 spiro atoms. The lowest BCUT2D eigenvalue weighted by molar-refractivity contribution is 0.0938. The number of fused-ring (bicyclic) bond motifs is 1. The zero-order valence-electron chi connectivity index (χ0n) is 10.6. The summed E-state index contributed by atoms with van der Waals surface area (Å²) in [5.41, 5.74) is 2.18. The highest BCUT2D eigenvalue weighted by Crippen LogP contribution is 2.21. The minimum absolute atomic E-state index is 0.109. The maximum Gasteiger partial charge on any atom is 0.228 e. The van der Waals surface area contributed by atoms with Gasteiger partial charge in [0.1, 0.15) is 0 Å². The third-order valence-corrected chi connectivity index (χ3v) is 3.14. The van der Waals surface area contributed by atoms with Gasteiger partial charge in [0, 0.05) is 18.0 Å². The van der Waals surface area contributed by atoms with Crippen molar-refractivity contribution >= 4 is 16.8 Å². The van der Waals surface area contributed by atoms with Gasteiger partial charge in [0.2, 0.25) is 5.91 Å². The molecule has 0 aliphatic heterocycles. The van der Waals surface area contributed by atoms with Crippen LogP contribution < -0.4 is 0 Å². The van der Waals surface area contributed by atoms with Crippen LogP contribution in [0.5, 0.6) is 0 Å². The first-order chi connectivity index (χ1) is 8.24. The third-order valence-electron chi connectivity index (χ3n) is 3.14. The van der Waals surface area contributed by atoms with Gasteiger partial charge in [0.25, 0.3) is 0 Å². The lowest BCUT2D eigenvalue weighted by atomic mass is 10.1. The Morgan fingerprint density at radius 3 is 2.71 bits per heavy atom. The van der Waals surface area contributed by atoms with Crippen LogP contribution in [0.4, 0.5) is 0 Å². The van der Waals surface area contributed by atoms with E-state index in [-0.39, 0.29) is 5.91 Å². The number of benzene rings is 1. The van der Waals surface area contributed by atoms with Crippen molar-refractivity contribution in [2.24, 2.45) is 0 Å². The fourth-order valence-electron chi connectivity index (χ4n) is 2.32. The third kappa shape index (κ3) is 2.41. The molecule has 0 fully saturated rings. The SMILES string of the molecule is CCCCCc1cc2ccccc2n1C(C)=O. The molecule has 1 heterocycles. The van der Waals surface area contributed by atoms with Crippen molar-refractivity contribution in [2.75, 3.05) is 0 Å². The number of aryl methyl sites for hydroxylation is 1. The van der Waals surface area contributed by atoms with Gasteiger partial charge >= 0.3 is 0 Å². The second-order valence-corrected chi connectivity index (χ2v) is 4.51. The number of hydrogen-bond acceptors (Lipinski definition) is 1. The summed E-state index contributed by atoms with van der Waals surface area (Å²) < 4.78 is 1.85. The lowest BCUT2D eigenvalue weighted by Gasteiger charge is -2.06. The molecule has 17 heavy (non-hydrogen) atoms. The number of aromatic nitrogens is 1. The highest BCUT2D eigenvalue weighted by molar-refractivity contribution is 5.92. The molecular formula is C15H19NO. The van der Waals surface area contributed by atoms with Crippen LogP contribution in [0.3, 0.4) is 0 Å². The Kier molecular flexibility index (Phi) is 3.62. The summed E-state index contributed by atoms with van der Waals surface area (Å²) >= 11 is 0. The average Bonchev–Trinajstić information content (AvgIpc) is 2.67. The lowest BCUT2D eigenvalue weighted by Crippen LogP contribution is -2.09. The van der Waals surface area contributed by atoms with Gasteiger partial charge in [0.15, 0.2) is 0 Å². The summed E-state index contributed by atoms with van der Waals surface area (Å²) in [5.74, 6) is 0.109. The van der Waals surface area contributed by atoms with E-state index in [1.807, 2.05) is 22.8 Å². The number of unbranched alkanes of at least 4 members (excludes halogenated alkanes) is 2. The van der Waals surface area contributed by atoms with Crippen LogP contribution in [-0.2, 0) is 6.42 Å². The van der Waals surface area contributed by atoms with Crippen LogP contribution >= 0.6 is 0 Å². The summed E-state index contributed by atoms with van der Waals surface area (Å²) in [6.45, 7) is 3.83. The molecule has 2 aromatic rings. The molecule has 0 atom stereocenters. The van der Waals surface area contributed by atoms with Gasteiger partial charge in [-0.1, -0.05) is 38.0 Å². The largest absolute Gasteiger partial charge is 0.284 e. The molecule has 0 aliphatic rings. The van der Waals surface area contributed by atoms with Crippen molar-refractivity contribution < 1.29 is 4.79 Å². The van der Waals surface area contributed by atoms with E-state index in [1.54, 1.807) is 6.92 Å². The van der Waals surface area contributed by atoms with Crippen LogP contribution in [0, 0.1) is 0 Å². The van der Waals surface area contributed by atoms with Gasteiger partial charge in [-0.3, -0.25) is 9.36 Å². The first-order valence-electron chi connectivity index (χ1n) is 6.34. The molecule has 90 valence electrons. The molecule has 2 nitrogen and oxygen atoms in total. The smallest absolute Gasteiger partial charge is 0.228 e. The Bertz CT molecular complexity index is 525. The molecule has 0 aliphatic carbocycles. The summed E-state index contributed by atoms with van der Waals surface area (Å²) in [6.07, 6.45) is 4.57. The van der Waals surface area contributed by atoms with Crippen molar-refractivity contribution in [3.63, 3.8) is 0 Å². The van der Waals surface area contributed by atoms with E-state index in [0.717, 1.165) is 29.4 Å². The highest BCUT2D eigenvalue weighted by atomic mass is 16.1. The Morgan fingerprint density at radius 1 is 1.24 bits per heavy atom. The first kappa shape index (κ1) is 11.9. The normalized spacial score (nSPS) is 10.9. The number of para-hydroxylation sites is 1. The number of carbonyl (C=O) groups excluding carboxylic acids is 1. The quantitative estimate of drug-likeness (QED) is 0.725.